The second kappa shape index (κ2) is 5.36. The summed E-state index contributed by atoms with van der Waals surface area (Å²) in [6.07, 6.45) is 4.04. The summed E-state index contributed by atoms with van der Waals surface area (Å²) in [5.41, 5.74) is 0. The molecule has 1 saturated heterocycles. The number of nitrogens with one attached hydrogen (secondary N) is 1. The molecule has 1 heterocycles. The number of rotatable bonds is 4. The number of nitrogens with zero attached hydrogens (tertiary/aromatic N) is 2. The lowest BCUT2D eigenvalue weighted by molar-refractivity contribution is -0.136. The van der Waals surface area contributed by atoms with Crippen LogP contribution in [0.15, 0.2) is 0 Å². The van der Waals surface area contributed by atoms with Crippen LogP contribution in [0.25, 0.3) is 0 Å². The predicted molar refractivity (Wildman–Crippen MR) is 68.9 cm³/mol. The molecule has 0 aromatic carbocycles. The van der Waals surface area contributed by atoms with Gasteiger partial charge in [-0.3, -0.25) is 9.69 Å². The van der Waals surface area contributed by atoms with E-state index in [0.29, 0.717) is 6.04 Å². The third-order valence-corrected chi connectivity index (χ3v) is 3.95. The highest BCUT2D eigenvalue weighted by atomic mass is 16.2. The standard InChI is InChI=1S/C13H25N3O/c1-10(8-11-4-5-11)16-7-6-14-9-12(16)13(17)15(2)3/h10-12,14H,4-9H2,1-3H3. The van der Waals surface area contributed by atoms with Crippen molar-refractivity contribution in [1.82, 2.24) is 15.1 Å². The van der Waals surface area contributed by atoms with Crippen molar-refractivity contribution in [3.05, 3.63) is 0 Å². The monoisotopic (exact) mass is 239 g/mol. The Labute approximate surface area is 104 Å². The van der Waals surface area contributed by atoms with Crippen LogP contribution in [0.4, 0.5) is 0 Å². The summed E-state index contributed by atoms with van der Waals surface area (Å²) in [4.78, 5) is 16.3. The lowest BCUT2D eigenvalue weighted by atomic mass is 10.0. The summed E-state index contributed by atoms with van der Waals surface area (Å²) in [5.74, 6) is 1.16. The quantitative estimate of drug-likeness (QED) is 0.777. The van der Waals surface area contributed by atoms with E-state index in [1.165, 1.54) is 19.3 Å². The van der Waals surface area contributed by atoms with Crippen molar-refractivity contribution in [2.45, 2.75) is 38.3 Å². The Morgan fingerprint density at radius 3 is 2.76 bits per heavy atom. The Hall–Kier alpha value is -0.610. The van der Waals surface area contributed by atoms with Gasteiger partial charge < -0.3 is 10.2 Å². The fourth-order valence-electron chi connectivity index (χ4n) is 2.75. The van der Waals surface area contributed by atoms with E-state index in [0.717, 1.165) is 25.6 Å². The number of hydrogen-bond donors (Lipinski definition) is 1. The van der Waals surface area contributed by atoms with Gasteiger partial charge in [-0.05, 0) is 19.3 Å². The lowest BCUT2D eigenvalue weighted by Crippen LogP contribution is -2.60. The molecule has 0 aromatic rings. The van der Waals surface area contributed by atoms with Crippen LogP contribution in [0.2, 0.25) is 0 Å². The van der Waals surface area contributed by atoms with E-state index in [4.69, 9.17) is 0 Å². The van der Waals surface area contributed by atoms with Gasteiger partial charge >= 0.3 is 0 Å². The minimum Gasteiger partial charge on any atom is -0.347 e. The molecule has 4 nitrogen and oxygen atoms in total. The molecular weight excluding hydrogens is 214 g/mol. The number of likely N-dealkylation sites (N-methyl/N-ethyl adjacent to an activating group) is 1. The zero-order chi connectivity index (χ0) is 12.4. The average Bonchev–Trinajstić information content (AvgIpc) is 3.11. The van der Waals surface area contributed by atoms with Crippen molar-refractivity contribution < 1.29 is 4.79 Å². The molecule has 1 aliphatic carbocycles. The van der Waals surface area contributed by atoms with Crippen molar-refractivity contribution in [3.63, 3.8) is 0 Å². The number of carbonyl (C=O) groups is 1. The van der Waals surface area contributed by atoms with Gasteiger partial charge in [0.1, 0.15) is 6.04 Å². The van der Waals surface area contributed by atoms with Crippen LogP contribution in [-0.2, 0) is 4.79 Å². The van der Waals surface area contributed by atoms with E-state index in [1.54, 1.807) is 4.90 Å². The van der Waals surface area contributed by atoms with Gasteiger partial charge in [-0.2, -0.15) is 0 Å². The second-order valence-corrected chi connectivity index (χ2v) is 5.72. The molecule has 0 bridgehead atoms. The van der Waals surface area contributed by atoms with Crippen LogP contribution in [0.5, 0.6) is 0 Å². The minimum absolute atomic E-state index is 0.0347. The SMILES string of the molecule is CC(CC1CC1)N1CCNCC1C(=O)N(C)C. The summed E-state index contributed by atoms with van der Waals surface area (Å²) in [5, 5.41) is 3.34. The molecule has 2 atom stereocenters. The molecule has 2 fully saturated rings. The largest absolute Gasteiger partial charge is 0.347 e. The third-order valence-electron chi connectivity index (χ3n) is 3.95. The summed E-state index contributed by atoms with van der Waals surface area (Å²) in [7, 11) is 3.70. The molecule has 0 radical (unpaired) electrons. The van der Waals surface area contributed by atoms with Gasteiger partial charge in [0.15, 0.2) is 0 Å². The van der Waals surface area contributed by atoms with Gasteiger partial charge in [0, 0.05) is 39.8 Å². The first-order chi connectivity index (χ1) is 8.09. The minimum atomic E-state index is 0.0347. The summed E-state index contributed by atoms with van der Waals surface area (Å²) >= 11 is 0. The number of piperazine rings is 1. The van der Waals surface area contributed by atoms with Crippen molar-refractivity contribution >= 4 is 5.91 Å². The van der Waals surface area contributed by atoms with Gasteiger partial charge in [0.05, 0.1) is 0 Å². The molecule has 4 heteroatoms. The molecule has 2 rings (SSSR count). The molecule has 0 aromatic heterocycles. The Morgan fingerprint density at radius 1 is 1.47 bits per heavy atom. The maximum atomic E-state index is 12.2. The van der Waals surface area contributed by atoms with Gasteiger partial charge in [-0.25, -0.2) is 0 Å². The van der Waals surface area contributed by atoms with Crippen LogP contribution in [0.3, 0.4) is 0 Å². The van der Waals surface area contributed by atoms with Gasteiger partial charge in [0.25, 0.3) is 0 Å². The molecule has 0 spiro atoms. The van der Waals surface area contributed by atoms with Gasteiger partial charge in [-0.1, -0.05) is 12.8 Å². The van der Waals surface area contributed by atoms with E-state index in [1.807, 2.05) is 14.1 Å². The van der Waals surface area contributed by atoms with Crippen LogP contribution in [0.1, 0.15) is 26.2 Å². The van der Waals surface area contributed by atoms with Crippen LogP contribution >= 0.6 is 0 Å². The van der Waals surface area contributed by atoms with Gasteiger partial charge in [0.2, 0.25) is 5.91 Å². The lowest BCUT2D eigenvalue weighted by Gasteiger charge is -2.40. The maximum Gasteiger partial charge on any atom is 0.240 e. The fourth-order valence-corrected chi connectivity index (χ4v) is 2.75. The van der Waals surface area contributed by atoms with Crippen molar-refractivity contribution in [2.24, 2.45) is 5.92 Å². The van der Waals surface area contributed by atoms with Crippen molar-refractivity contribution in [2.75, 3.05) is 33.7 Å². The number of amides is 1. The number of carbonyl (C=O) groups excluding carboxylic acids is 1. The van der Waals surface area contributed by atoms with Crippen molar-refractivity contribution in [1.29, 1.82) is 0 Å². The maximum absolute atomic E-state index is 12.2. The molecule has 2 unspecified atom stereocenters. The predicted octanol–water partition coefficient (Wildman–Crippen LogP) is 0.537. The highest BCUT2D eigenvalue weighted by Crippen LogP contribution is 2.35. The summed E-state index contributed by atoms with van der Waals surface area (Å²) in [6.45, 7) is 5.08. The van der Waals surface area contributed by atoms with E-state index < -0.39 is 0 Å². The van der Waals surface area contributed by atoms with E-state index in [9.17, 15) is 4.79 Å². The van der Waals surface area contributed by atoms with E-state index in [-0.39, 0.29) is 11.9 Å². The van der Waals surface area contributed by atoms with Crippen LogP contribution < -0.4 is 5.32 Å². The first-order valence-electron chi connectivity index (χ1n) is 6.77. The molecule has 1 saturated carbocycles. The van der Waals surface area contributed by atoms with E-state index >= 15 is 0 Å². The molecule has 1 N–H and O–H groups in total. The highest BCUT2D eigenvalue weighted by molar-refractivity contribution is 5.81. The first-order valence-corrected chi connectivity index (χ1v) is 6.77. The van der Waals surface area contributed by atoms with E-state index in [2.05, 4.69) is 17.1 Å². The van der Waals surface area contributed by atoms with Crippen LogP contribution in [-0.4, -0.2) is 61.5 Å². The Balaban J connectivity index is 1.97. The molecule has 17 heavy (non-hydrogen) atoms. The highest BCUT2D eigenvalue weighted by Gasteiger charge is 2.34. The molecular formula is C13H25N3O. The second-order valence-electron chi connectivity index (χ2n) is 5.72. The normalized spacial score (nSPS) is 27.8. The topological polar surface area (TPSA) is 35.6 Å². The fraction of sp³-hybridized carbons (Fsp3) is 0.923. The van der Waals surface area contributed by atoms with Crippen LogP contribution in [0, 0.1) is 5.92 Å². The molecule has 98 valence electrons. The zero-order valence-electron chi connectivity index (χ0n) is 11.3. The molecule has 2 aliphatic rings. The summed E-state index contributed by atoms with van der Waals surface area (Å²) in [6, 6.07) is 0.575. The Kier molecular flexibility index (Phi) is 4.05. The molecule has 1 aliphatic heterocycles. The first kappa shape index (κ1) is 12.8. The smallest absolute Gasteiger partial charge is 0.240 e. The third kappa shape index (κ3) is 3.19. The summed E-state index contributed by atoms with van der Waals surface area (Å²) < 4.78 is 0. The zero-order valence-corrected chi connectivity index (χ0v) is 11.3. The molecule has 1 amide bonds. The Bertz CT molecular complexity index is 276. The number of hydrogen-bond acceptors (Lipinski definition) is 3. The Morgan fingerprint density at radius 2 is 2.18 bits per heavy atom. The average molecular weight is 239 g/mol. The van der Waals surface area contributed by atoms with Gasteiger partial charge in [-0.15, -0.1) is 0 Å². The van der Waals surface area contributed by atoms with Crippen molar-refractivity contribution in [3.8, 4) is 0 Å².